The molecule has 5 saturated heterocycles. The first-order valence-corrected chi connectivity index (χ1v) is 23.4. The normalized spacial score (nSPS) is 57.6. The molecule has 8 fully saturated rings. The molecule has 26 atom stereocenters. The third-order valence-corrected chi connectivity index (χ3v) is 17.7. The SMILES string of the molecule is C[C@@H]1CC[C@@]2(OC1)O[C@H]1C[C@H]3[C@@H]4CC=C5C[C@@H](O[C@@H]6O[C@H](CO)[C@@H](O)[C@H](O[C@@H]7O[C@@H](CO)[C@H](O)[C@@H](O)[C@@H]7O)[C@H]6O[C@@H]6O[C@@H](C)[C@H](O)[C@@H](O)[C@H]6O)CC[C@]5(C)[C@H]4CC[C@]3(C)[C@H]1[C@@H]2C. The van der Waals surface area contributed by atoms with E-state index in [1.165, 1.54) is 12.5 Å². The smallest absolute Gasteiger partial charge is 0.187 e. The number of hydrogen-bond donors (Lipinski definition) is 9. The lowest BCUT2D eigenvalue weighted by Gasteiger charge is -2.59. The van der Waals surface area contributed by atoms with Crippen LogP contribution in [0.2, 0.25) is 0 Å². The molecule has 9 rings (SSSR count). The summed E-state index contributed by atoms with van der Waals surface area (Å²) in [6.45, 7) is 10.4. The molecule has 17 heteroatoms. The zero-order valence-corrected chi connectivity index (χ0v) is 36.6. The predicted molar refractivity (Wildman–Crippen MR) is 214 cm³/mol. The summed E-state index contributed by atoms with van der Waals surface area (Å²) in [5, 5.41) is 95.8. The van der Waals surface area contributed by atoms with Gasteiger partial charge in [-0.25, -0.2) is 0 Å². The molecule has 3 saturated carbocycles. The highest BCUT2D eigenvalue weighted by atomic mass is 16.8. The molecule has 0 radical (unpaired) electrons. The van der Waals surface area contributed by atoms with Crippen molar-refractivity contribution in [1.82, 2.24) is 0 Å². The lowest BCUT2D eigenvalue weighted by atomic mass is 9.47. The van der Waals surface area contributed by atoms with Gasteiger partial charge in [0.05, 0.1) is 38.1 Å². The van der Waals surface area contributed by atoms with Crippen LogP contribution in [-0.2, 0) is 37.9 Å². The molecule has 5 heterocycles. The molecule has 0 aromatic carbocycles. The van der Waals surface area contributed by atoms with Crippen molar-refractivity contribution in [2.24, 2.45) is 46.3 Å². The van der Waals surface area contributed by atoms with Crippen molar-refractivity contribution in [2.75, 3.05) is 19.8 Å². The zero-order chi connectivity index (χ0) is 44.2. The Labute approximate surface area is 363 Å². The number of rotatable bonds is 8. The molecule has 0 bridgehead atoms. The van der Waals surface area contributed by atoms with E-state index in [-0.39, 0.29) is 16.9 Å². The number of fused-ring (bicyclic) bond motifs is 7. The van der Waals surface area contributed by atoms with Gasteiger partial charge in [0, 0.05) is 12.3 Å². The van der Waals surface area contributed by atoms with E-state index in [0.717, 1.165) is 51.6 Å². The van der Waals surface area contributed by atoms with E-state index in [2.05, 4.69) is 33.8 Å². The Balaban J connectivity index is 0.940. The number of aliphatic hydroxyl groups is 9. The summed E-state index contributed by atoms with van der Waals surface area (Å²) >= 11 is 0. The summed E-state index contributed by atoms with van der Waals surface area (Å²) in [5.74, 6) is 2.52. The maximum Gasteiger partial charge on any atom is 0.187 e. The molecule has 17 nitrogen and oxygen atoms in total. The minimum Gasteiger partial charge on any atom is -0.394 e. The van der Waals surface area contributed by atoms with Gasteiger partial charge < -0.3 is 83.9 Å². The minimum atomic E-state index is -1.84. The topological polar surface area (TPSA) is 256 Å². The second-order valence-electron chi connectivity index (χ2n) is 21.1. The largest absolute Gasteiger partial charge is 0.394 e. The number of ether oxygens (including phenoxy) is 8. The lowest BCUT2D eigenvalue weighted by Crippen LogP contribution is -2.67. The van der Waals surface area contributed by atoms with Gasteiger partial charge in [0.2, 0.25) is 0 Å². The molecule has 0 amide bonds. The van der Waals surface area contributed by atoms with Gasteiger partial charge in [-0.15, -0.1) is 0 Å². The number of allylic oxidation sites excluding steroid dienone is 1. The van der Waals surface area contributed by atoms with Crippen LogP contribution < -0.4 is 0 Å². The molecule has 4 aliphatic carbocycles. The predicted octanol–water partition coefficient (Wildman–Crippen LogP) is 0.214. The van der Waals surface area contributed by atoms with Crippen LogP contribution in [0.15, 0.2) is 11.6 Å². The molecule has 9 aliphatic rings. The molecule has 354 valence electrons. The van der Waals surface area contributed by atoms with E-state index >= 15 is 0 Å². The van der Waals surface area contributed by atoms with E-state index in [4.69, 9.17) is 37.9 Å². The van der Waals surface area contributed by atoms with Crippen LogP contribution in [0.25, 0.3) is 0 Å². The molecule has 0 unspecified atom stereocenters. The Hall–Kier alpha value is -0.940. The summed E-state index contributed by atoms with van der Waals surface area (Å²) in [4.78, 5) is 0. The van der Waals surface area contributed by atoms with Crippen molar-refractivity contribution in [2.45, 2.75) is 203 Å². The van der Waals surface area contributed by atoms with Crippen molar-refractivity contribution in [3.63, 3.8) is 0 Å². The first kappa shape index (κ1) is 46.2. The van der Waals surface area contributed by atoms with Gasteiger partial charge in [-0.05, 0) is 98.7 Å². The van der Waals surface area contributed by atoms with Crippen molar-refractivity contribution < 1.29 is 83.9 Å². The fourth-order valence-electron chi connectivity index (χ4n) is 14.0. The van der Waals surface area contributed by atoms with Crippen LogP contribution in [0.3, 0.4) is 0 Å². The Morgan fingerprint density at radius 2 is 1.34 bits per heavy atom. The van der Waals surface area contributed by atoms with Crippen LogP contribution in [0.1, 0.15) is 92.4 Å². The first-order chi connectivity index (χ1) is 29.4. The average Bonchev–Trinajstić information content (AvgIpc) is 3.70. The minimum absolute atomic E-state index is 0.0484. The van der Waals surface area contributed by atoms with E-state index in [9.17, 15) is 46.0 Å². The number of aliphatic hydroxyl groups excluding tert-OH is 9. The van der Waals surface area contributed by atoms with Gasteiger partial charge in [0.25, 0.3) is 0 Å². The van der Waals surface area contributed by atoms with Crippen LogP contribution in [0.5, 0.6) is 0 Å². The van der Waals surface area contributed by atoms with Gasteiger partial charge in [0.15, 0.2) is 24.7 Å². The van der Waals surface area contributed by atoms with E-state index in [1.54, 1.807) is 0 Å². The van der Waals surface area contributed by atoms with Crippen molar-refractivity contribution in [3.8, 4) is 0 Å². The third-order valence-electron chi connectivity index (χ3n) is 17.7. The Bertz CT molecular complexity index is 1610. The van der Waals surface area contributed by atoms with Crippen LogP contribution in [0, 0.1) is 46.3 Å². The Morgan fingerprint density at radius 1 is 0.677 bits per heavy atom. The van der Waals surface area contributed by atoms with E-state index in [0.29, 0.717) is 48.3 Å². The molecular weight excluding hydrogens is 812 g/mol. The lowest BCUT2D eigenvalue weighted by molar-refractivity contribution is -0.394. The summed E-state index contributed by atoms with van der Waals surface area (Å²) < 4.78 is 50.3. The molecular formula is C45H72O17. The molecule has 5 aliphatic heterocycles. The second kappa shape index (κ2) is 17.3. The van der Waals surface area contributed by atoms with Crippen molar-refractivity contribution in [1.29, 1.82) is 0 Å². The summed E-state index contributed by atoms with van der Waals surface area (Å²) in [5.41, 5.74) is 1.45. The maximum absolute atomic E-state index is 11.6. The van der Waals surface area contributed by atoms with Gasteiger partial charge in [-0.2, -0.15) is 0 Å². The van der Waals surface area contributed by atoms with Gasteiger partial charge in [-0.1, -0.05) is 39.3 Å². The fourth-order valence-corrected chi connectivity index (χ4v) is 14.0. The Morgan fingerprint density at radius 3 is 2.03 bits per heavy atom. The van der Waals surface area contributed by atoms with Gasteiger partial charge >= 0.3 is 0 Å². The zero-order valence-electron chi connectivity index (χ0n) is 36.6. The quantitative estimate of drug-likeness (QED) is 0.148. The molecule has 0 aromatic rings. The van der Waals surface area contributed by atoms with Crippen LogP contribution >= 0.6 is 0 Å². The monoisotopic (exact) mass is 884 g/mol. The highest BCUT2D eigenvalue weighted by molar-refractivity contribution is 5.26. The summed E-state index contributed by atoms with van der Waals surface area (Å²) in [6.07, 6.45) is -12.4. The van der Waals surface area contributed by atoms with Crippen molar-refractivity contribution >= 4 is 0 Å². The number of hydrogen-bond acceptors (Lipinski definition) is 17. The summed E-state index contributed by atoms with van der Waals surface area (Å²) in [6, 6.07) is 0. The molecule has 9 N–H and O–H groups in total. The standard InChI is InChI=1S/C45H72O17/c1-19-8-13-45(55-18-19)20(2)30-27(62-45)15-26-24-7-6-22-14-23(9-11-43(22,4)25(24)10-12-44(26,30)5)57-42-39(61-40-36(53)34(51)31(48)21(3)56-40)38(33(50)29(17-47)59-42)60-41-37(54)35(52)32(49)28(16-46)58-41/h6,19-21,23-42,46-54H,7-18H2,1-5H3/t19-,20+,21+,23+,24-,25+,26+,27+,28+,29-,30+,31+,32+,33-,34-,35-,36-,37+,38+,39-,40+,41+,42-,43+,44+,45-/m1/s1. The molecule has 1 spiro atoms. The maximum atomic E-state index is 11.6. The fraction of sp³-hybridized carbons (Fsp3) is 0.956. The van der Waals surface area contributed by atoms with E-state index < -0.39 is 117 Å². The Kier molecular flexibility index (Phi) is 12.9. The van der Waals surface area contributed by atoms with Crippen LogP contribution in [0.4, 0.5) is 0 Å². The molecule has 0 aromatic heterocycles. The van der Waals surface area contributed by atoms with E-state index in [1.807, 2.05) is 0 Å². The first-order valence-electron chi connectivity index (χ1n) is 23.4. The molecule has 62 heavy (non-hydrogen) atoms. The second-order valence-corrected chi connectivity index (χ2v) is 21.1. The van der Waals surface area contributed by atoms with Crippen LogP contribution in [-0.4, -0.2) is 176 Å². The summed E-state index contributed by atoms with van der Waals surface area (Å²) in [7, 11) is 0. The highest BCUT2D eigenvalue weighted by Gasteiger charge is 2.69. The highest BCUT2D eigenvalue weighted by Crippen LogP contribution is 2.70. The third kappa shape index (κ3) is 7.49. The van der Waals surface area contributed by atoms with Gasteiger partial charge in [0.1, 0.15) is 67.1 Å². The van der Waals surface area contributed by atoms with Crippen molar-refractivity contribution in [3.05, 3.63) is 11.6 Å². The van der Waals surface area contributed by atoms with Gasteiger partial charge in [-0.3, -0.25) is 0 Å². The average molecular weight is 885 g/mol.